The van der Waals surface area contributed by atoms with Crippen LogP contribution in [0.5, 0.6) is 5.75 Å². The van der Waals surface area contributed by atoms with Crippen molar-refractivity contribution in [3.63, 3.8) is 0 Å². The molecule has 0 aliphatic carbocycles. The second kappa shape index (κ2) is 13.5. The van der Waals surface area contributed by atoms with Crippen molar-refractivity contribution in [3.8, 4) is 5.75 Å². The highest BCUT2D eigenvalue weighted by Gasteiger charge is 2.16. The van der Waals surface area contributed by atoms with Crippen LogP contribution in [-0.2, 0) is 11.3 Å². The molecule has 4 N–H and O–H groups in total. The van der Waals surface area contributed by atoms with E-state index in [9.17, 15) is 9.59 Å². The Morgan fingerprint density at radius 3 is 2.51 bits per heavy atom. The SMILES string of the molecule is CCCCCC(CCC)Oc1ccc2cc(NC(=O)/C(N)=C/NCc3ccc(C)cc3)c(=O)oc2c1C. The van der Waals surface area contributed by atoms with E-state index in [1.54, 1.807) is 6.07 Å². The van der Waals surface area contributed by atoms with Crippen LogP contribution in [0.25, 0.3) is 11.0 Å². The molecule has 1 atom stereocenters. The molecule has 2 aromatic carbocycles. The van der Waals surface area contributed by atoms with Gasteiger partial charge in [-0.25, -0.2) is 4.79 Å². The van der Waals surface area contributed by atoms with Gasteiger partial charge in [0.15, 0.2) is 0 Å². The molecule has 37 heavy (non-hydrogen) atoms. The lowest BCUT2D eigenvalue weighted by Crippen LogP contribution is -2.25. The monoisotopic (exact) mass is 505 g/mol. The summed E-state index contributed by atoms with van der Waals surface area (Å²) in [6.45, 7) is 8.77. The van der Waals surface area contributed by atoms with Crippen molar-refractivity contribution in [2.75, 3.05) is 5.32 Å². The van der Waals surface area contributed by atoms with Gasteiger partial charge in [-0.15, -0.1) is 0 Å². The highest BCUT2D eigenvalue weighted by atomic mass is 16.5. The van der Waals surface area contributed by atoms with Crippen molar-refractivity contribution in [2.24, 2.45) is 5.73 Å². The van der Waals surface area contributed by atoms with Gasteiger partial charge in [-0.2, -0.15) is 0 Å². The Bertz CT molecular complexity index is 1280. The van der Waals surface area contributed by atoms with Crippen molar-refractivity contribution in [1.29, 1.82) is 0 Å². The molecule has 0 spiro atoms. The van der Waals surface area contributed by atoms with E-state index in [-0.39, 0.29) is 17.5 Å². The van der Waals surface area contributed by atoms with Crippen LogP contribution in [-0.4, -0.2) is 12.0 Å². The molecule has 1 heterocycles. The third-order valence-electron chi connectivity index (χ3n) is 6.33. The number of hydrogen-bond acceptors (Lipinski definition) is 6. The zero-order valence-electron chi connectivity index (χ0n) is 22.4. The summed E-state index contributed by atoms with van der Waals surface area (Å²) >= 11 is 0. The second-order valence-corrected chi connectivity index (χ2v) is 9.50. The molecule has 1 amide bonds. The van der Waals surface area contributed by atoms with Crippen LogP contribution in [0.4, 0.5) is 5.69 Å². The smallest absolute Gasteiger partial charge is 0.360 e. The quantitative estimate of drug-likeness (QED) is 0.148. The highest BCUT2D eigenvalue weighted by molar-refractivity contribution is 6.03. The number of nitrogens with two attached hydrogens (primary N) is 1. The maximum Gasteiger partial charge on any atom is 0.360 e. The van der Waals surface area contributed by atoms with Gasteiger partial charge in [0.2, 0.25) is 0 Å². The first-order chi connectivity index (χ1) is 17.8. The van der Waals surface area contributed by atoms with Crippen LogP contribution in [0.15, 0.2) is 63.6 Å². The minimum atomic E-state index is -0.644. The number of carbonyl (C=O) groups is 1. The third-order valence-corrected chi connectivity index (χ3v) is 6.33. The number of anilines is 1. The molecular formula is C30H39N3O4. The van der Waals surface area contributed by atoms with E-state index in [2.05, 4.69) is 24.5 Å². The van der Waals surface area contributed by atoms with E-state index >= 15 is 0 Å². The van der Waals surface area contributed by atoms with E-state index < -0.39 is 11.5 Å². The average Bonchev–Trinajstić information content (AvgIpc) is 2.88. The standard InChI is InChI=1S/C30H39N3O4/c1-5-7-8-10-24(9-6-2)36-27-16-15-23-17-26(30(35)37-28(23)21(27)4)33-29(34)25(31)19-32-18-22-13-11-20(3)12-14-22/h11-17,19,24,32H,5-10,18,31H2,1-4H3,(H,33,34)/b25-19-. The van der Waals surface area contributed by atoms with Gasteiger partial charge in [0.25, 0.3) is 5.91 Å². The summed E-state index contributed by atoms with van der Waals surface area (Å²) in [5.74, 6) is 0.128. The second-order valence-electron chi connectivity index (χ2n) is 9.50. The van der Waals surface area contributed by atoms with E-state index in [0.717, 1.165) is 36.8 Å². The molecule has 3 rings (SSSR count). The van der Waals surface area contributed by atoms with Gasteiger partial charge >= 0.3 is 5.63 Å². The fourth-order valence-corrected chi connectivity index (χ4v) is 4.15. The van der Waals surface area contributed by atoms with Crippen LogP contribution in [0.1, 0.15) is 69.1 Å². The first-order valence-electron chi connectivity index (χ1n) is 13.1. The molecule has 3 aromatic rings. The molecule has 0 aliphatic rings. The number of ether oxygens (including phenoxy) is 1. The maximum atomic E-state index is 12.7. The van der Waals surface area contributed by atoms with Crippen molar-refractivity contribution in [3.05, 3.63) is 81.5 Å². The Kier molecular flexibility index (Phi) is 10.2. The predicted molar refractivity (Wildman–Crippen MR) is 150 cm³/mol. The van der Waals surface area contributed by atoms with Gasteiger partial charge in [-0.1, -0.05) is 62.9 Å². The fourth-order valence-electron chi connectivity index (χ4n) is 4.15. The Morgan fingerprint density at radius 1 is 1.05 bits per heavy atom. The Labute approximate surface area is 219 Å². The molecule has 0 fully saturated rings. The normalized spacial score (nSPS) is 12.4. The number of carbonyl (C=O) groups excluding carboxylic acids is 1. The van der Waals surface area contributed by atoms with Crippen molar-refractivity contribution in [2.45, 2.75) is 78.9 Å². The van der Waals surface area contributed by atoms with Crippen molar-refractivity contribution >= 4 is 22.6 Å². The zero-order chi connectivity index (χ0) is 26.8. The molecule has 0 saturated carbocycles. The largest absolute Gasteiger partial charge is 0.490 e. The molecule has 0 aliphatic heterocycles. The lowest BCUT2D eigenvalue weighted by Gasteiger charge is -2.20. The Balaban J connectivity index is 1.70. The van der Waals surface area contributed by atoms with Crippen molar-refractivity contribution in [1.82, 2.24) is 5.32 Å². The summed E-state index contributed by atoms with van der Waals surface area (Å²) in [5, 5.41) is 6.28. The molecule has 198 valence electrons. The van der Waals surface area contributed by atoms with E-state index in [4.69, 9.17) is 14.9 Å². The Morgan fingerprint density at radius 2 is 1.81 bits per heavy atom. The van der Waals surface area contributed by atoms with Gasteiger partial charge in [0, 0.05) is 23.7 Å². The minimum Gasteiger partial charge on any atom is -0.490 e. The van der Waals surface area contributed by atoms with Gasteiger partial charge in [0.05, 0.1) is 6.10 Å². The fraction of sp³-hybridized carbons (Fsp3) is 0.400. The topological polar surface area (TPSA) is 107 Å². The summed E-state index contributed by atoms with van der Waals surface area (Å²) in [4.78, 5) is 25.2. The molecule has 1 unspecified atom stereocenters. The van der Waals surface area contributed by atoms with Crippen LogP contribution < -0.4 is 26.7 Å². The number of nitrogens with one attached hydrogen (secondary N) is 2. The summed E-state index contributed by atoms with van der Waals surface area (Å²) in [7, 11) is 0. The van der Waals surface area contributed by atoms with Crippen LogP contribution in [0.2, 0.25) is 0 Å². The van der Waals surface area contributed by atoms with E-state index in [1.807, 2.05) is 50.2 Å². The van der Waals surface area contributed by atoms with Gasteiger partial charge in [-0.3, -0.25) is 4.79 Å². The average molecular weight is 506 g/mol. The molecule has 7 nitrogen and oxygen atoms in total. The zero-order valence-corrected chi connectivity index (χ0v) is 22.4. The highest BCUT2D eigenvalue weighted by Crippen LogP contribution is 2.30. The Hall–Kier alpha value is -3.74. The van der Waals surface area contributed by atoms with Crippen LogP contribution >= 0.6 is 0 Å². The van der Waals surface area contributed by atoms with Crippen molar-refractivity contribution < 1.29 is 13.9 Å². The molecule has 0 bridgehead atoms. The number of fused-ring (bicyclic) bond motifs is 1. The minimum absolute atomic E-state index is 0.0314. The molecule has 0 radical (unpaired) electrons. The number of unbranched alkanes of at least 4 members (excludes halogenated alkanes) is 2. The summed E-state index contributed by atoms with van der Waals surface area (Å²) in [5.41, 5.74) is 8.71. The van der Waals surface area contributed by atoms with Crippen LogP contribution in [0, 0.1) is 13.8 Å². The number of amides is 1. The molecule has 0 saturated heterocycles. The summed E-state index contributed by atoms with van der Waals surface area (Å²) in [6, 6.07) is 13.4. The summed E-state index contributed by atoms with van der Waals surface area (Å²) < 4.78 is 11.9. The molecule has 7 heteroatoms. The van der Waals surface area contributed by atoms with Crippen LogP contribution in [0.3, 0.4) is 0 Å². The number of benzene rings is 2. The first kappa shape index (κ1) is 27.8. The van der Waals surface area contributed by atoms with E-state index in [1.165, 1.54) is 24.6 Å². The first-order valence-corrected chi connectivity index (χ1v) is 13.1. The summed E-state index contributed by atoms with van der Waals surface area (Å²) in [6.07, 6.45) is 8.07. The lowest BCUT2D eigenvalue weighted by atomic mass is 10.1. The van der Waals surface area contributed by atoms with Gasteiger partial charge in [0.1, 0.15) is 22.7 Å². The number of hydrogen-bond donors (Lipinski definition) is 3. The lowest BCUT2D eigenvalue weighted by molar-refractivity contribution is -0.112. The van der Waals surface area contributed by atoms with Gasteiger partial charge < -0.3 is 25.5 Å². The predicted octanol–water partition coefficient (Wildman–Crippen LogP) is 6.07. The van der Waals surface area contributed by atoms with Gasteiger partial charge in [-0.05, 0) is 56.9 Å². The molecule has 1 aromatic heterocycles. The number of aryl methyl sites for hydroxylation is 2. The molecular weight excluding hydrogens is 466 g/mol. The maximum absolute atomic E-state index is 12.7. The number of rotatable bonds is 13. The third kappa shape index (κ3) is 7.87. The van der Waals surface area contributed by atoms with E-state index in [0.29, 0.717) is 23.3 Å².